The van der Waals surface area contributed by atoms with Crippen LogP contribution < -0.4 is 10.6 Å². The topological polar surface area (TPSA) is 70.7 Å². The summed E-state index contributed by atoms with van der Waals surface area (Å²) in [5.41, 5.74) is 0.0272. The van der Waals surface area contributed by atoms with Gasteiger partial charge in [0.25, 0.3) is 5.24 Å². The highest BCUT2D eigenvalue weighted by molar-refractivity contribution is 8.13. The van der Waals surface area contributed by atoms with Gasteiger partial charge in [-0.25, -0.2) is 0 Å². The van der Waals surface area contributed by atoms with Crippen molar-refractivity contribution in [3.8, 4) is 0 Å². The fourth-order valence-electron chi connectivity index (χ4n) is 2.72. The standard InChI is InChI=1S/C13H23N3O3S/c1-19-10-13(2-4-14-5-3-13)9-15-11(17)8-16-6-7-20-12(16)18/h14H,2-10H2,1H3,(H,15,17). The minimum Gasteiger partial charge on any atom is -0.384 e. The van der Waals surface area contributed by atoms with Crippen molar-refractivity contribution < 1.29 is 14.3 Å². The summed E-state index contributed by atoms with van der Waals surface area (Å²) < 4.78 is 5.32. The normalized spacial score (nSPS) is 22.1. The van der Waals surface area contributed by atoms with Crippen LogP contribution in [0.4, 0.5) is 4.79 Å². The molecular weight excluding hydrogens is 278 g/mol. The Morgan fingerprint density at radius 1 is 1.50 bits per heavy atom. The van der Waals surface area contributed by atoms with Crippen LogP contribution in [-0.2, 0) is 9.53 Å². The average Bonchev–Trinajstić information content (AvgIpc) is 2.84. The molecule has 0 unspecified atom stereocenters. The number of hydrogen-bond donors (Lipinski definition) is 2. The predicted molar refractivity (Wildman–Crippen MR) is 78.8 cm³/mol. The van der Waals surface area contributed by atoms with E-state index >= 15 is 0 Å². The van der Waals surface area contributed by atoms with E-state index in [2.05, 4.69) is 10.6 Å². The van der Waals surface area contributed by atoms with Crippen molar-refractivity contribution in [3.05, 3.63) is 0 Å². The van der Waals surface area contributed by atoms with E-state index in [4.69, 9.17) is 4.74 Å². The van der Waals surface area contributed by atoms with Crippen molar-refractivity contribution in [1.82, 2.24) is 15.5 Å². The SMILES string of the molecule is COCC1(CNC(=O)CN2CCSC2=O)CCNCC1. The second-order valence-corrected chi connectivity index (χ2v) is 6.54. The van der Waals surface area contributed by atoms with Gasteiger partial charge in [-0.3, -0.25) is 9.59 Å². The third-order valence-electron chi connectivity index (χ3n) is 3.95. The van der Waals surface area contributed by atoms with Crippen LogP contribution in [0.2, 0.25) is 0 Å². The molecule has 2 N–H and O–H groups in total. The van der Waals surface area contributed by atoms with Crippen molar-refractivity contribution in [2.24, 2.45) is 5.41 Å². The first kappa shape index (κ1) is 15.6. The maximum absolute atomic E-state index is 12.0. The third kappa shape index (κ3) is 4.10. The van der Waals surface area contributed by atoms with Gasteiger partial charge in [0.15, 0.2) is 0 Å². The number of ether oxygens (including phenoxy) is 1. The van der Waals surface area contributed by atoms with Crippen molar-refractivity contribution in [2.75, 3.05) is 52.2 Å². The van der Waals surface area contributed by atoms with Crippen molar-refractivity contribution in [2.45, 2.75) is 12.8 Å². The monoisotopic (exact) mass is 301 g/mol. The first-order valence-corrected chi connectivity index (χ1v) is 8.02. The molecule has 0 aliphatic carbocycles. The van der Waals surface area contributed by atoms with E-state index < -0.39 is 0 Å². The zero-order valence-corrected chi connectivity index (χ0v) is 12.8. The highest BCUT2D eigenvalue weighted by Gasteiger charge is 2.33. The first-order valence-electron chi connectivity index (χ1n) is 7.03. The van der Waals surface area contributed by atoms with Crippen molar-refractivity contribution in [1.29, 1.82) is 0 Å². The summed E-state index contributed by atoms with van der Waals surface area (Å²) in [7, 11) is 1.70. The number of nitrogens with one attached hydrogen (secondary N) is 2. The van der Waals surface area contributed by atoms with E-state index in [1.807, 2.05) is 0 Å². The average molecular weight is 301 g/mol. The molecule has 2 aliphatic rings. The van der Waals surface area contributed by atoms with Crippen LogP contribution in [0, 0.1) is 5.41 Å². The predicted octanol–water partition coefficient (Wildman–Crippen LogP) is 0.288. The molecule has 6 nitrogen and oxygen atoms in total. The lowest BCUT2D eigenvalue weighted by molar-refractivity contribution is -0.122. The molecule has 2 amide bonds. The molecule has 0 aromatic rings. The molecule has 0 bridgehead atoms. The molecule has 2 rings (SSSR count). The van der Waals surface area contributed by atoms with E-state index in [0.717, 1.165) is 31.7 Å². The number of rotatable bonds is 6. The molecule has 0 aromatic carbocycles. The third-order valence-corrected chi connectivity index (χ3v) is 4.85. The van der Waals surface area contributed by atoms with Crippen LogP contribution >= 0.6 is 11.8 Å². The second-order valence-electron chi connectivity index (χ2n) is 5.50. The minimum atomic E-state index is -0.0742. The number of hydrogen-bond acceptors (Lipinski definition) is 5. The molecule has 0 aromatic heterocycles. The highest BCUT2D eigenvalue weighted by atomic mass is 32.2. The molecule has 7 heteroatoms. The van der Waals surface area contributed by atoms with Gasteiger partial charge in [-0.15, -0.1) is 0 Å². The lowest BCUT2D eigenvalue weighted by Gasteiger charge is -2.37. The summed E-state index contributed by atoms with van der Waals surface area (Å²) >= 11 is 1.28. The summed E-state index contributed by atoms with van der Waals surface area (Å²) in [5.74, 6) is 0.709. The largest absolute Gasteiger partial charge is 0.384 e. The Morgan fingerprint density at radius 3 is 2.85 bits per heavy atom. The van der Waals surface area contributed by atoms with Crippen LogP contribution in [0.5, 0.6) is 0 Å². The highest BCUT2D eigenvalue weighted by Crippen LogP contribution is 2.28. The van der Waals surface area contributed by atoms with Gasteiger partial charge >= 0.3 is 0 Å². The van der Waals surface area contributed by atoms with E-state index in [1.54, 1.807) is 12.0 Å². The van der Waals surface area contributed by atoms with Gasteiger partial charge in [-0.05, 0) is 25.9 Å². The Hall–Kier alpha value is -0.790. The van der Waals surface area contributed by atoms with Crippen LogP contribution in [0.1, 0.15) is 12.8 Å². The fourth-order valence-corrected chi connectivity index (χ4v) is 3.54. The van der Waals surface area contributed by atoms with Crippen LogP contribution in [-0.4, -0.2) is 68.2 Å². The Kier molecular flexibility index (Phi) is 5.68. The smallest absolute Gasteiger partial charge is 0.282 e. The molecular formula is C13H23N3O3S. The first-order chi connectivity index (χ1) is 9.65. The number of carbonyl (C=O) groups excluding carboxylic acids is 2. The van der Waals surface area contributed by atoms with Gasteiger partial charge in [-0.2, -0.15) is 0 Å². The quantitative estimate of drug-likeness (QED) is 0.738. The summed E-state index contributed by atoms with van der Waals surface area (Å²) in [4.78, 5) is 25.0. The number of methoxy groups -OCH3 is 1. The zero-order valence-electron chi connectivity index (χ0n) is 11.9. The number of thioether (sulfide) groups is 1. The summed E-state index contributed by atoms with van der Waals surface area (Å²) in [6.07, 6.45) is 2.00. The van der Waals surface area contributed by atoms with Crippen LogP contribution in [0.25, 0.3) is 0 Å². The van der Waals surface area contributed by atoms with E-state index in [-0.39, 0.29) is 23.1 Å². The van der Waals surface area contributed by atoms with Gasteiger partial charge in [0.1, 0.15) is 6.54 Å². The Labute approximate surface area is 124 Å². The second kappa shape index (κ2) is 7.28. The number of carbonyl (C=O) groups is 2. The molecule has 0 atom stereocenters. The zero-order chi connectivity index (χ0) is 14.4. The van der Waals surface area contributed by atoms with E-state index in [0.29, 0.717) is 19.7 Å². The van der Waals surface area contributed by atoms with Gasteiger partial charge in [-0.1, -0.05) is 11.8 Å². The molecule has 2 aliphatic heterocycles. The van der Waals surface area contributed by atoms with Crippen molar-refractivity contribution in [3.63, 3.8) is 0 Å². The minimum absolute atomic E-state index is 0.00798. The van der Waals surface area contributed by atoms with Gasteiger partial charge < -0.3 is 20.3 Å². The van der Waals surface area contributed by atoms with Crippen LogP contribution in [0.15, 0.2) is 0 Å². The van der Waals surface area contributed by atoms with Gasteiger partial charge in [0, 0.05) is 31.4 Å². The molecule has 0 spiro atoms. The Balaban J connectivity index is 1.79. The Morgan fingerprint density at radius 2 is 2.25 bits per heavy atom. The van der Waals surface area contributed by atoms with E-state index in [1.165, 1.54) is 11.8 Å². The molecule has 2 fully saturated rings. The lowest BCUT2D eigenvalue weighted by Crippen LogP contribution is -2.48. The molecule has 2 saturated heterocycles. The fraction of sp³-hybridized carbons (Fsp3) is 0.846. The number of nitrogens with zero attached hydrogens (tertiary/aromatic N) is 1. The summed E-state index contributed by atoms with van der Waals surface area (Å²) in [6.45, 7) is 4.04. The van der Waals surface area contributed by atoms with Gasteiger partial charge in [0.2, 0.25) is 5.91 Å². The lowest BCUT2D eigenvalue weighted by atomic mass is 9.79. The van der Waals surface area contributed by atoms with Crippen LogP contribution in [0.3, 0.4) is 0 Å². The van der Waals surface area contributed by atoms with Gasteiger partial charge in [0.05, 0.1) is 6.61 Å². The molecule has 0 saturated carbocycles. The van der Waals surface area contributed by atoms with E-state index in [9.17, 15) is 9.59 Å². The summed E-state index contributed by atoms with van der Waals surface area (Å²) in [6, 6.07) is 0. The maximum atomic E-state index is 12.0. The van der Waals surface area contributed by atoms with Crippen molar-refractivity contribution >= 4 is 22.9 Å². The molecule has 20 heavy (non-hydrogen) atoms. The Bertz CT molecular complexity index is 353. The molecule has 114 valence electrons. The number of amides is 2. The number of piperidine rings is 1. The summed E-state index contributed by atoms with van der Waals surface area (Å²) in [5, 5.41) is 6.31. The maximum Gasteiger partial charge on any atom is 0.282 e. The molecule has 0 radical (unpaired) electrons. The molecule has 2 heterocycles.